The number of rotatable bonds is 4. The van der Waals surface area contributed by atoms with Gasteiger partial charge in [-0.25, -0.2) is 0 Å². The SMILES string of the molecule is CC1=C(C)C[C@H]2C(=O)N(CCOc3ccc(C)cc3C)C(=O)[C@@H]2C1. The highest BCUT2D eigenvalue weighted by atomic mass is 16.5. The van der Waals surface area contributed by atoms with Gasteiger partial charge < -0.3 is 4.74 Å². The molecular weight excluding hydrogens is 302 g/mol. The van der Waals surface area contributed by atoms with Gasteiger partial charge in [0.25, 0.3) is 0 Å². The van der Waals surface area contributed by atoms with Crippen LogP contribution in [0.1, 0.15) is 37.8 Å². The first kappa shape index (κ1) is 16.7. The Morgan fingerprint density at radius 1 is 1.00 bits per heavy atom. The molecule has 2 aliphatic rings. The van der Waals surface area contributed by atoms with Crippen molar-refractivity contribution in [1.82, 2.24) is 4.90 Å². The number of imide groups is 1. The highest BCUT2D eigenvalue weighted by Crippen LogP contribution is 2.40. The van der Waals surface area contributed by atoms with Crippen LogP contribution in [0.4, 0.5) is 0 Å². The third-order valence-corrected chi connectivity index (χ3v) is 5.34. The summed E-state index contributed by atoms with van der Waals surface area (Å²) in [4.78, 5) is 26.6. The summed E-state index contributed by atoms with van der Waals surface area (Å²) in [6.45, 7) is 8.84. The molecule has 2 amide bonds. The minimum atomic E-state index is -0.165. The smallest absolute Gasteiger partial charge is 0.233 e. The summed E-state index contributed by atoms with van der Waals surface area (Å²) < 4.78 is 5.79. The van der Waals surface area contributed by atoms with Gasteiger partial charge in [-0.2, -0.15) is 0 Å². The molecule has 128 valence electrons. The normalized spacial score (nSPS) is 23.8. The quantitative estimate of drug-likeness (QED) is 0.629. The molecule has 3 rings (SSSR count). The van der Waals surface area contributed by atoms with Gasteiger partial charge in [0.2, 0.25) is 11.8 Å². The van der Waals surface area contributed by atoms with E-state index in [2.05, 4.69) is 19.9 Å². The number of benzene rings is 1. The Morgan fingerprint density at radius 2 is 1.58 bits per heavy atom. The van der Waals surface area contributed by atoms with Crippen LogP contribution in [0.3, 0.4) is 0 Å². The maximum Gasteiger partial charge on any atom is 0.233 e. The van der Waals surface area contributed by atoms with Crippen molar-refractivity contribution in [3.63, 3.8) is 0 Å². The number of carbonyl (C=O) groups is 2. The first-order valence-electron chi connectivity index (χ1n) is 8.59. The van der Waals surface area contributed by atoms with Crippen molar-refractivity contribution in [1.29, 1.82) is 0 Å². The molecule has 24 heavy (non-hydrogen) atoms. The summed E-state index contributed by atoms with van der Waals surface area (Å²) in [5.41, 5.74) is 4.77. The van der Waals surface area contributed by atoms with Crippen molar-refractivity contribution in [2.24, 2.45) is 11.8 Å². The third-order valence-electron chi connectivity index (χ3n) is 5.34. The average Bonchev–Trinajstić information content (AvgIpc) is 2.75. The van der Waals surface area contributed by atoms with Gasteiger partial charge in [0.05, 0.1) is 18.4 Å². The molecule has 1 saturated heterocycles. The van der Waals surface area contributed by atoms with Crippen LogP contribution in [0.15, 0.2) is 29.3 Å². The van der Waals surface area contributed by atoms with Crippen LogP contribution in [0.25, 0.3) is 0 Å². The van der Waals surface area contributed by atoms with Crippen molar-refractivity contribution in [2.75, 3.05) is 13.2 Å². The van der Waals surface area contributed by atoms with Crippen LogP contribution in [0.5, 0.6) is 5.75 Å². The maximum absolute atomic E-state index is 12.6. The number of fused-ring (bicyclic) bond motifs is 1. The fourth-order valence-corrected chi connectivity index (χ4v) is 3.75. The predicted molar refractivity (Wildman–Crippen MR) is 92.7 cm³/mol. The molecule has 0 bridgehead atoms. The standard InChI is InChI=1S/C20H25NO3/c1-12-5-6-18(15(4)9-12)24-8-7-21-19(22)16-10-13(2)14(3)11-17(16)20(21)23/h5-6,9,16-17H,7-8,10-11H2,1-4H3/t16-,17-/m1/s1. The van der Waals surface area contributed by atoms with E-state index in [-0.39, 0.29) is 23.7 Å². The van der Waals surface area contributed by atoms with Crippen LogP contribution in [-0.2, 0) is 9.59 Å². The number of amides is 2. The number of allylic oxidation sites excluding steroid dienone is 2. The van der Waals surface area contributed by atoms with Crippen molar-refractivity contribution < 1.29 is 14.3 Å². The zero-order chi connectivity index (χ0) is 17.4. The van der Waals surface area contributed by atoms with Crippen LogP contribution in [-0.4, -0.2) is 29.9 Å². The van der Waals surface area contributed by atoms with Gasteiger partial charge in [0.1, 0.15) is 12.4 Å². The van der Waals surface area contributed by atoms with Gasteiger partial charge in [0.15, 0.2) is 0 Å². The minimum Gasteiger partial charge on any atom is -0.491 e. The first-order valence-corrected chi connectivity index (χ1v) is 8.59. The largest absolute Gasteiger partial charge is 0.491 e. The van der Waals surface area contributed by atoms with Gasteiger partial charge in [-0.3, -0.25) is 14.5 Å². The zero-order valence-electron chi connectivity index (χ0n) is 14.9. The summed E-state index contributed by atoms with van der Waals surface area (Å²) in [5.74, 6) is 0.428. The first-order chi connectivity index (χ1) is 11.4. The zero-order valence-corrected chi connectivity index (χ0v) is 14.9. The highest BCUT2D eigenvalue weighted by molar-refractivity contribution is 6.05. The van der Waals surface area contributed by atoms with Gasteiger partial charge in [-0.15, -0.1) is 0 Å². The van der Waals surface area contributed by atoms with Crippen molar-refractivity contribution >= 4 is 11.8 Å². The molecule has 0 N–H and O–H groups in total. The van der Waals surface area contributed by atoms with Crippen LogP contribution >= 0.6 is 0 Å². The van der Waals surface area contributed by atoms with E-state index in [1.807, 2.05) is 26.0 Å². The highest BCUT2D eigenvalue weighted by Gasteiger charge is 2.48. The molecule has 2 atom stereocenters. The van der Waals surface area contributed by atoms with Gasteiger partial charge >= 0.3 is 0 Å². The van der Waals surface area contributed by atoms with E-state index < -0.39 is 0 Å². The predicted octanol–water partition coefficient (Wildman–Crippen LogP) is 3.41. The Labute approximate surface area is 143 Å². The molecule has 0 radical (unpaired) electrons. The number of hydrogen-bond donors (Lipinski definition) is 0. The number of aryl methyl sites for hydroxylation is 2. The molecule has 0 aromatic heterocycles. The van der Waals surface area contributed by atoms with E-state index in [9.17, 15) is 9.59 Å². The number of hydrogen-bond acceptors (Lipinski definition) is 3. The molecule has 1 aliphatic carbocycles. The lowest BCUT2D eigenvalue weighted by Crippen LogP contribution is -2.34. The molecule has 4 heteroatoms. The number of ether oxygens (including phenoxy) is 1. The van der Waals surface area contributed by atoms with Gasteiger partial charge in [-0.1, -0.05) is 28.8 Å². The Balaban J connectivity index is 1.62. The molecule has 0 saturated carbocycles. The molecule has 1 aliphatic heterocycles. The van der Waals surface area contributed by atoms with Crippen molar-refractivity contribution in [3.05, 3.63) is 40.5 Å². The second-order valence-electron chi connectivity index (χ2n) is 7.13. The number of likely N-dealkylation sites (tertiary alicyclic amines) is 1. The summed E-state index contributed by atoms with van der Waals surface area (Å²) in [7, 11) is 0. The Kier molecular flexibility index (Phi) is 4.48. The summed E-state index contributed by atoms with van der Waals surface area (Å²) in [6, 6.07) is 6.00. The lowest BCUT2D eigenvalue weighted by molar-refractivity contribution is -0.140. The molecular formula is C20H25NO3. The Morgan fingerprint density at radius 3 is 2.12 bits per heavy atom. The lowest BCUT2D eigenvalue weighted by Gasteiger charge is -2.23. The fourth-order valence-electron chi connectivity index (χ4n) is 3.75. The molecule has 1 aromatic carbocycles. The maximum atomic E-state index is 12.6. The lowest BCUT2D eigenvalue weighted by atomic mass is 9.78. The second-order valence-corrected chi connectivity index (χ2v) is 7.13. The van der Waals surface area contributed by atoms with E-state index in [1.165, 1.54) is 21.6 Å². The van der Waals surface area contributed by atoms with Crippen LogP contribution in [0, 0.1) is 25.7 Å². The third kappa shape index (κ3) is 2.97. The van der Waals surface area contributed by atoms with E-state index >= 15 is 0 Å². The van der Waals surface area contributed by atoms with E-state index in [0.29, 0.717) is 13.2 Å². The minimum absolute atomic E-state index is 0.0268. The Hall–Kier alpha value is -2.10. The van der Waals surface area contributed by atoms with Gasteiger partial charge in [0, 0.05) is 0 Å². The summed E-state index contributed by atoms with van der Waals surface area (Å²) in [5, 5.41) is 0. The molecule has 1 heterocycles. The molecule has 4 nitrogen and oxygen atoms in total. The van der Waals surface area contributed by atoms with E-state index in [1.54, 1.807) is 0 Å². The average molecular weight is 327 g/mol. The molecule has 1 fully saturated rings. The fraction of sp³-hybridized carbons (Fsp3) is 0.500. The summed E-state index contributed by atoms with van der Waals surface area (Å²) >= 11 is 0. The van der Waals surface area contributed by atoms with Crippen LogP contribution < -0.4 is 4.74 Å². The summed E-state index contributed by atoms with van der Waals surface area (Å²) in [6.07, 6.45) is 1.44. The topological polar surface area (TPSA) is 46.6 Å². The van der Waals surface area contributed by atoms with Gasteiger partial charge in [-0.05, 0) is 52.2 Å². The van der Waals surface area contributed by atoms with E-state index in [4.69, 9.17) is 4.74 Å². The molecule has 0 spiro atoms. The monoisotopic (exact) mass is 327 g/mol. The molecule has 0 unspecified atom stereocenters. The Bertz CT molecular complexity index is 688. The van der Waals surface area contributed by atoms with Crippen molar-refractivity contribution in [3.8, 4) is 5.75 Å². The number of nitrogens with zero attached hydrogens (tertiary/aromatic N) is 1. The van der Waals surface area contributed by atoms with E-state index in [0.717, 1.165) is 24.2 Å². The second kappa shape index (κ2) is 6.42. The molecule has 1 aromatic rings. The van der Waals surface area contributed by atoms with Crippen LogP contribution in [0.2, 0.25) is 0 Å². The number of carbonyl (C=O) groups excluding carboxylic acids is 2. The van der Waals surface area contributed by atoms with Crippen molar-refractivity contribution in [2.45, 2.75) is 40.5 Å².